The number of aliphatic hydroxyl groups is 1. The Bertz CT molecular complexity index is 1250. The molecule has 9 heteroatoms. The molecule has 0 aromatic heterocycles. The number of rotatable bonds is 13. The zero-order chi connectivity index (χ0) is 29.4. The van der Waals surface area contributed by atoms with Gasteiger partial charge in [0, 0.05) is 31.7 Å². The molecule has 2 aromatic rings. The fraction of sp³-hybridized carbons (Fsp3) is 0.500. The monoisotopic (exact) mass is 566 g/mol. The molecule has 1 N–H and O–H groups in total. The van der Waals surface area contributed by atoms with Crippen LogP contribution in [0.3, 0.4) is 0 Å². The number of carbonyl (C=O) groups is 2. The van der Waals surface area contributed by atoms with Crippen LogP contribution in [0.1, 0.15) is 55.8 Å². The van der Waals surface area contributed by atoms with Crippen LogP contribution in [0.4, 0.5) is 0 Å². The normalized spacial score (nSPS) is 19.0. The first-order chi connectivity index (χ1) is 19.9. The van der Waals surface area contributed by atoms with Crippen LogP contribution in [-0.2, 0) is 14.3 Å². The van der Waals surface area contributed by atoms with E-state index in [-0.39, 0.29) is 11.3 Å². The van der Waals surface area contributed by atoms with Gasteiger partial charge in [-0.05, 0) is 68.1 Å². The highest BCUT2D eigenvalue weighted by molar-refractivity contribution is 6.46. The maximum Gasteiger partial charge on any atom is 0.295 e. The minimum absolute atomic E-state index is 0.0617. The second-order valence-corrected chi connectivity index (χ2v) is 10.3. The van der Waals surface area contributed by atoms with Crippen molar-refractivity contribution in [1.82, 2.24) is 9.80 Å². The number of Topliss-reactive ketones (excluding diaryl/α,β-unsaturated/α-hetero) is 1. The maximum atomic E-state index is 13.5. The summed E-state index contributed by atoms with van der Waals surface area (Å²) in [4.78, 5) is 30.8. The van der Waals surface area contributed by atoms with E-state index in [1.54, 1.807) is 42.3 Å². The lowest BCUT2D eigenvalue weighted by Crippen LogP contribution is -2.39. The molecule has 2 aliphatic heterocycles. The number of morpholine rings is 1. The van der Waals surface area contributed by atoms with Gasteiger partial charge in [0.05, 0.1) is 45.2 Å². The third-order valence-electron chi connectivity index (χ3n) is 7.52. The first kappa shape index (κ1) is 30.4. The van der Waals surface area contributed by atoms with Gasteiger partial charge in [-0.15, -0.1) is 0 Å². The van der Waals surface area contributed by atoms with Crippen molar-refractivity contribution in [2.75, 3.05) is 59.7 Å². The first-order valence-corrected chi connectivity index (χ1v) is 14.5. The summed E-state index contributed by atoms with van der Waals surface area (Å²) in [6, 6.07) is 9.92. The van der Waals surface area contributed by atoms with Crippen LogP contribution in [0, 0.1) is 6.92 Å². The molecule has 1 atom stereocenters. The van der Waals surface area contributed by atoms with Crippen molar-refractivity contribution < 1.29 is 33.6 Å². The lowest BCUT2D eigenvalue weighted by atomic mass is 9.94. The van der Waals surface area contributed by atoms with Crippen molar-refractivity contribution in [3.63, 3.8) is 0 Å². The Labute approximate surface area is 242 Å². The zero-order valence-corrected chi connectivity index (χ0v) is 24.6. The average Bonchev–Trinajstić information content (AvgIpc) is 3.23. The minimum Gasteiger partial charge on any atom is -0.507 e. The topological polar surface area (TPSA) is 97.8 Å². The molecule has 9 nitrogen and oxygen atoms in total. The molecule has 2 fully saturated rings. The maximum absolute atomic E-state index is 13.5. The fourth-order valence-corrected chi connectivity index (χ4v) is 5.32. The molecule has 222 valence electrons. The highest BCUT2D eigenvalue weighted by Crippen LogP contribution is 2.42. The summed E-state index contributed by atoms with van der Waals surface area (Å²) in [5.74, 6) is 0.256. The number of likely N-dealkylation sites (tertiary alicyclic amines) is 1. The molecule has 1 amide bonds. The number of aliphatic hydroxyl groups excluding tert-OH is 1. The van der Waals surface area contributed by atoms with Crippen LogP contribution in [0.2, 0.25) is 0 Å². The standard InChI is InChI=1S/C32H42N2O7/c1-5-7-17-41-25-11-10-24(20-22(25)3)30(35)28-29(23-9-12-26(40-6-2)27(21-23)38-4)34(32(37)31(28)36)14-8-13-33-15-18-39-19-16-33/h9-12,20-21,29,35H,5-8,13-19H2,1-4H3/b30-28+/t29-/m1/s1. The Morgan fingerprint density at radius 2 is 1.73 bits per heavy atom. The number of ketones is 1. The smallest absolute Gasteiger partial charge is 0.295 e. The van der Waals surface area contributed by atoms with Crippen molar-refractivity contribution in [3.8, 4) is 17.2 Å². The summed E-state index contributed by atoms with van der Waals surface area (Å²) in [6.07, 6.45) is 2.66. The summed E-state index contributed by atoms with van der Waals surface area (Å²) in [5.41, 5.74) is 2.02. The Morgan fingerprint density at radius 3 is 2.41 bits per heavy atom. The summed E-state index contributed by atoms with van der Waals surface area (Å²) in [6.45, 7) is 11.2. The molecule has 41 heavy (non-hydrogen) atoms. The number of hydrogen-bond acceptors (Lipinski definition) is 8. The van der Waals surface area contributed by atoms with Crippen molar-refractivity contribution in [2.45, 2.75) is 46.1 Å². The number of aryl methyl sites for hydroxylation is 1. The van der Waals surface area contributed by atoms with Crippen LogP contribution >= 0.6 is 0 Å². The SMILES string of the molecule is CCCCOc1ccc(/C(O)=C2\C(=O)C(=O)N(CCCN3CCOCC3)[C@@H]2c2ccc(OCC)c(OC)c2)cc1C. The molecule has 2 heterocycles. The molecule has 0 radical (unpaired) electrons. The fourth-order valence-electron chi connectivity index (χ4n) is 5.32. The van der Waals surface area contributed by atoms with Crippen molar-refractivity contribution in [2.24, 2.45) is 0 Å². The number of methoxy groups -OCH3 is 1. The van der Waals surface area contributed by atoms with Gasteiger partial charge in [-0.1, -0.05) is 19.4 Å². The zero-order valence-electron chi connectivity index (χ0n) is 24.6. The summed E-state index contributed by atoms with van der Waals surface area (Å²) in [7, 11) is 1.55. The predicted octanol–water partition coefficient (Wildman–Crippen LogP) is 4.73. The van der Waals surface area contributed by atoms with Gasteiger partial charge < -0.3 is 29.0 Å². The van der Waals surface area contributed by atoms with Gasteiger partial charge in [0.1, 0.15) is 11.5 Å². The molecule has 2 saturated heterocycles. The largest absolute Gasteiger partial charge is 0.507 e. The van der Waals surface area contributed by atoms with Gasteiger partial charge in [0.15, 0.2) is 11.5 Å². The number of nitrogens with zero attached hydrogens (tertiary/aromatic N) is 2. The molecular weight excluding hydrogens is 524 g/mol. The number of ether oxygens (including phenoxy) is 4. The van der Waals surface area contributed by atoms with Crippen molar-refractivity contribution in [3.05, 3.63) is 58.7 Å². The van der Waals surface area contributed by atoms with Gasteiger partial charge in [0.25, 0.3) is 11.7 Å². The Morgan fingerprint density at radius 1 is 0.976 bits per heavy atom. The first-order valence-electron chi connectivity index (χ1n) is 14.5. The van der Waals surface area contributed by atoms with Gasteiger partial charge in [0.2, 0.25) is 0 Å². The lowest BCUT2D eigenvalue weighted by Gasteiger charge is -2.29. The van der Waals surface area contributed by atoms with E-state index in [4.69, 9.17) is 18.9 Å². The average molecular weight is 567 g/mol. The van der Waals surface area contributed by atoms with Crippen molar-refractivity contribution >= 4 is 17.4 Å². The number of benzene rings is 2. The van der Waals surface area contributed by atoms with E-state index in [9.17, 15) is 14.7 Å². The van der Waals surface area contributed by atoms with E-state index in [1.165, 1.54) is 0 Å². The molecule has 2 aliphatic rings. The van der Waals surface area contributed by atoms with E-state index in [0.29, 0.717) is 62.0 Å². The second-order valence-electron chi connectivity index (χ2n) is 10.3. The van der Waals surface area contributed by atoms with E-state index in [2.05, 4.69) is 11.8 Å². The van der Waals surface area contributed by atoms with Crippen LogP contribution in [-0.4, -0.2) is 86.3 Å². The van der Waals surface area contributed by atoms with Gasteiger partial charge >= 0.3 is 0 Å². The molecule has 0 aliphatic carbocycles. The number of amides is 1. The van der Waals surface area contributed by atoms with Gasteiger partial charge in [-0.25, -0.2) is 0 Å². The number of unbranched alkanes of at least 4 members (excludes halogenated alkanes) is 1. The summed E-state index contributed by atoms with van der Waals surface area (Å²) in [5, 5.41) is 11.5. The number of hydrogen-bond donors (Lipinski definition) is 1. The lowest BCUT2D eigenvalue weighted by molar-refractivity contribution is -0.140. The highest BCUT2D eigenvalue weighted by Gasteiger charge is 2.46. The summed E-state index contributed by atoms with van der Waals surface area (Å²) >= 11 is 0. The quantitative estimate of drug-likeness (QED) is 0.161. The van der Waals surface area contributed by atoms with Crippen LogP contribution in [0.15, 0.2) is 42.0 Å². The van der Waals surface area contributed by atoms with E-state index >= 15 is 0 Å². The molecule has 0 saturated carbocycles. The minimum atomic E-state index is -0.773. The Balaban J connectivity index is 1.70. The molecule has 2 aromatic carbocycles. The van der Waals surface area contributed by atoms with E-state index in [1.807, 2.05) is 19.9 Å². The second kappa shape index (κ2) is 14.4. The molecule has 0 spiro atoms. The predicted molar refractivity (Wildman–Crippen MR) is 157 cm³/mol. The van der Waals surface area contributed by atoms with Gasteiger partial charge in [-0.3, -0.25) is 14.5 Å². The highest BCUT2D eigenvalue weighted by atomic mass is 16.5. The Kier molecular flexibility index (Phi) is 10.7. The molecule has 4 rings (SSSR count). The number of carbonyl (C=O) groups excluding carboxylic acids is 2. The van der Waals surface area contributed by atoms with Crippen LogP contribution in [0.5, 0.6) is 17.2 Å². The van der Waals surface area contributed by atoms with Crippen LogP contribution in [0.25, 0.3) is 5.76 Å². The molecule has 0 bridgehead atoms. The Hall–Kier alpha value is -3.56. The van der Waals surface area contributed by atoms with E-state index in [0.717, 1.165) is 43.8 Å². The van der Waals surface area contributed by atoms with Crippen LogP contribution < -0.4 is 14.2 Å². The third-order valence-corrected chi connectivity index (χ3v) is 7.52. The summed E-state index contributed by atoms with van der Waals surface area (Å²) < 4.78 is 22.6. The molecule has 0 unspecified atom stereocenters. The van der Waals surface area contributed by atoms with E-state index < -0.39 is 17.7 Å². The molecular formula is C32H42N2O7. The van der Waals surface area contributed by atoms with Gasteiger partial charge in [-0.2, -0.15) is 0 Å². The third kappa shape index (κ3) is 7.02. The van der Waals surface area contributed by atoms with Crippen molar-refractivity contribution in [1.29, 1.82) is 0 Å².